The third-order valence-electron chi connectivity index (χ3n) is 5.31. The molecule has 0 aliphatic carbocycles. The van der Waals surface area contributed by atoms with Gasteiger partial charge in [0.1, 0.15) is 5.75 Å². The summed E-state index contributed by atoms with van der Waals surface area (Å²) in [6.45, 7) is 5.68. The van der Waals surface area contributed by atoms with E-state index in [4.69, 9.17) is 4.74 Å². The van der Waals surface area contributed by atoms with Crippen LogP contribution in [-0.4, -0.2) is 21.4 Å². The molecule has 3 aromatic carbocycles. The second kappa shape index (κ2) is 9.87. The Morgan fingerprint density at radius 1 is 0.969 bits per heavy atom. The number of carbonyl (C=O) groups is 1. The highest BCUT2D eigenvalue weighted by Gasteiger charge is 2.18. The molecule has 168 valence electrons. The number of aryl methyl sites for hydroxylation is 2. The monoisotopic (exact) mass is 452 g/mol. The van der Waals surface area contributed by atoms with Gasteiger partial charge < -0.3 is 10.1 Å². The van der Waals surface area contributed by atoms with Crippen molar-refractivity contribution in [3.63, 3.8) is 0 Å². The molecular formula is C25H28N2O4S. The number of anilines is 1. The largest absolute Gasteiger partial charge is 0.497 e. The van der Waals surface area contributed by atoms with E-state index in [0.29, 0.717) is 17.7 Å². The highest BCUT2D eigenvalue weighted by Crippen LogP contribution is 2.24. The number of benzene rings is 3. The van der Waals surface area contributed by atoms with E-state index in [2.05, 4.69) is 10.0 Å². The first-order valence-electron chi connectivity index (χ1n) is 10.4. The molecular weight excluding hydrogens is 424 g/mol. The maximum atomic E-state index is 12.9. The maximum Gasteiger partial charge on any atom is 0.261 e. The Balaban J connectivity index is 1.80. The van der Waals surface area contributed by atoms with Crippen LogP contribution in [-0.2, 0) is 10.0 Å². The van der Waals surface area contributed by atoms with Crippen molar-refractivity contribution in [3.8, 4) is 5.75 Å². The fraction of sp³-hybridized carbons (Fsp3) is 0.240. The van der Waals surface area contributed by atoms with Crippen LogP contribution in [0.4, 0.5) is 5.69 Å². The number of nitrogens with one attached hydrogen (secondary N) is 2. The fourth-order valence-corrected chi connectivity index (χ4v) is 4.41. The van der Waals surface area contributed by atoms with Gasteiger partial charge in [-0.1, -0.05) is 42.8 Å². The zero-order valence-corrected chi connectivity index (χ0v) is 19.5. The Morgan fingerprint density at radius 3 is 2.22 bits per heavy atom. The fourth-order valence-electron chi connectivity index (χ4n) is 3.29. The van der Waals surface area contributed by atoms with E-state index in [1.165, 1.54) is 0 Å². The van der Waals surface area contributed by atoms with Gasteiger partial charge in [-0.25, -0.2) is 8.42 Å². The second-order valence-corrected chi connectivity index (χ2v) is 9.34. The molecule has 0 aliphatic rings. The summed E-state index contributed by atoms with van der Waals surface area (Å²) in [5, 5.41) is 3.03. The molecule has 0 aliphatic heterocycles. The number of rotatable bonds is 8. The van der Waals surface area contributed by atoms with E-state index < -0.39 is 10.0 Å². The smallest absolute Gasteiger partial charge is 0.261 e. The first-order chi connectivity index (χ1) is 15.2. The molecule has 7 heteroatoms. The van der Waals surface area contributed by atoms with Crippen LogP contribution in [0.5, 0.6) is 5.75 Å². The predicted octanol–water partition coefficient (Wildman–Crippen LogP) is 4.99. The van der Waals surface area contributed by atoms with Crippen LogP contribution in [0.2, 0.25) is 0 Å². The van der Waals surface area contributed by atoms with Gasteiger partial charge in [0.25, 0.3) is 15.9 Å². The van der Waals surface area contributed by atoms with Crippen LogP contribution in [0.1, 0.15) is 46.4 Å². The van der Waals surface area contributed by atoms with Crippen LogP contribution in [0, 0.1) is 13.8 Å². The Bertz CT molecular complexity index is 1190. The Kier molecular flexibility index (Phi) is 7.20. The van der Waals surface area contributed by atoms with Crippen molar-refractivity contribution in [2.45, 2.75) is 38.1 Å². The normalized spacial score (nSPS) is 12.1. The summed E-state index contributed by atoms with van der Waals surface area (Å²) in [7, 11) is -2.16. The van der Waals surface area contributed by atoms with Gasteiger partial charge in [-0.3, -0.25) is 9.52 Å². The number of carbonyl (C=O) groups excluding carboxylic acids is 1. The summed E-state index contributed by atoms with van der Waals surface area (Å²) in [4.78, 5) is 13.1. The van der Waals surface area contributed by atoms with E-state index in [1.54, 1.807) is 56.5 Å². The Labute approximate surface area is 189 Å². The average Bonchev–Trinajstić information content (AvgIpc) is 2.79. The highest BCUT2D eigenvalue weighted by atomic mass is 32.2. The molecule has 1 amide bonds. The van der Waals surface area contributed by atoms with Gasteiger partial charge in [0.05, 0.1) is 23.7 Å². The minimum atomic E-state index is -3.77. The van der Waals surface area contributed by atoms with Gasteiger partial charge in [-0.05, 0) is 67.8 Å². The third-order valence-corrected chi connectivity index (χ3v) is 6.69. The molecule has 0 saturated carbocycles. The molecule has 2 N–H and O–H groups in total. The number of amides is 1. The molecule has 3 rings (SSSR count). The topological polar surface area (TPSA) is 84.5 Å². The van der Waals surface area contributed by atoms with Crippen molar-refractivity contribution in [2.75, 3.05) is 11.8 Å². The van der Waals surface area contributed by atoms with Crippen molar-refractivity contribution < 1.29 is 17.9 Å². The van der Waals surface area contributed by atoms with Crippen molar-refractivity contribution in [3.05, 3.63) is 89.0 Å². The number of sulfonamides is 1. The lowest BCUT2D eigenvalue weighted by atomic mass is 10.0. The van der Waals surface area contributed by atoms with Crippen LogP contribution >= 0.6 is 0 Å². The summed E-state index contributed by atoms with van der Waals surface area (Å²) < 4.78 is 33.4. The number of hydrogen-bond acceptors (Lipinski definition) is 4. The quantitative estimate of drug-likeness (QED) is 0.504. The van der Waals surface area contributed by atoms with E-state index >= 15 is 0 Å². The molecule has 1 atom stereocenters. The molecule has 0 bridgehead atoms. The standard InChI is InChI=1S/C25H28N2O4S/c1-5-23(19-10-12-21(31-4)13-11-19)26-25(28)20-9-8-18(3)24(16-20)27-32(29,30)22-14-6-17(2)7-15-22/h6-16,23,27H,5H2,1-4H3,(H,26,28). The molecule has 32 heavy (non-hydrogen) atoms. The van der Waals surface area contributed by atoms with Gasteiger partial charge in [-0.2, -0.15) is 0 Å². The lowest BCUT2D eigenvalue weighted by molar-refractivity contribution is 0.0935. The minimum Gasteiger partial charge on any atom is -0.497 e. The van der Waals surface area contributed by atoms with Crippen molar-refractivity contribution >= 4 is 21.6 Å². The van der Waals surface area contributed by atoms with Crippen molar-refractivity contribution in [1.82, 2.24) is 5.32 Å². The molecule has 0 fully saturated rings. The number of ether oxygens (including phenoxy) is 1. The van der Waals surface area contributed by atoms with Gasteiger partial charge >= 0.3 is 0 Å². The first-order valence-corrected chi connectivity index (χ1v) is 11.9. The van der Waals surface area contributed by atoms with Gasteiger partial charge in [-0.15, -0.1) is 0 Å². The minimum absolute atomic E-state index is 0.169. The van der Waals surface area contributed by atoms with Crippen molar-refractivity contribution in [1.29, 1.82) is 0 Å². The van der Waals surface area contributed by atoms with E-state index in [9.17, 15) is 13.2 Å². The highest BCUT2D eigenvalue weighted by molar-refractivity contribution is 7.92. The van der Waals surface area contributed by atoms with Crippen molar-refractivity contribution in [2.24, 2.45) is 0 Å². The average molecular weight is 453 g/mol. The zero-order chi connectivity index (χ0) is 23.3. The maximum absolute atomic E-state index is 12.9. The SMILES string of the molecule is CCC(NC(=O)c1ccc(C)c(NS(=O)(=O)c2ccc(C)cc2)c1)c1ccc(OC)cc1. The van der Waals surface area contributed by atoms with Gasteiger partial charge in [0, 0.05) is 5.56 Å². The molecule has 0 aromatic heterocycles. The first kappa shape index (κ1) is 23.3. The molecule has 0 saturated heterocycles. The number of hydrogen-bond donors (Lipinski definition) is 2. The molecule has 0 heterocycles. The zero-order valence-electron chi connectivity index (χ0n) is 18.7. The van der Waals surface area contributed by atoms with E-state index in [1.807, 2.05) is 38.1 Å². The Hall–Kier alpha value is -3.32. The van der Waals surface area contributed by atoms with E-state index in [-0.39, 0.29) is 16.8 Å². The number of methoxy groups -OCH3 is 1. The molecule has 0 radical (unpaired) electrons. The van der Waals surface area contributed by atoms with E-state index in [0.717, 1.165) is 22.4 Å². The third kappa shape index (κ3) is 5.48. The second-order valence-electron chi connectivity index (χ2n) is 7.66. The van der Waals surface area contributed by atoms with Crippen LogP contribution in [0.25, 0.3) is 0 Å². The lowest BCUT2D eigenvalue weighted by Crippen LogP contribution is -2.28. The van der Waals surface area contributed by atoms with Crippen LogP contribution in [0.15, 0.2) is 71.6 Å². The lowest BCUT2D eigenvalue weighted by Gasteiger charge is -2.19. The molecule has 3 aromatic rings. The summed E-state index contributed by atoms with van der Waals surface area (Å²) in [5.41, 5.74) is 3.41. The van der Waals surface area contributed by atoms with Crippen LogP contribution in [0.3, 0.4) is 0 Å². The predicted molar refractivity (Wildman–Crippen MR) is 127 cm³/mol. The molecule has 6 nitrogen and oxygen atoms in total. The van der Waals surface area contributed by atoms with Gasteiger partial charge in [0.15, 0.2) is 0 Å². The molecule has 0 spiro atoms. The van der Waals surface area contributed by atoms with Gasteiger partial charge in [0.2, 0.25) is 0 Å². The Morgan fingerprint density at radius 2 is 1.62 bits per heavy atom. The summed E-state index contributed by atoms with van der Waals surface area (Å²) >= 11 is 0. The molecule has 1 unspecified atom stereocenters. The summed E-state index contributed by atoms with van der Waals surface area (Å²) in [6.07, 6.45) is 0.705. The summed E-state index contributed by atoms with van der Waals surface area (Å²) in [6, 6.07) is 19.0. The summed E-state index contributed by atoms with van der Waals surface area (Å²) in [5.74, 6) is 0.474. The van der Waals surface area contributed by atoms with Crippen LogP contribution < -0.4 is 14.8 Å².